The third-order valence-electron chi connectivity index (χ3n) is 2.69. The van der Waals surface area contributed by atoms with Gasteiger partial charge in [-0.15, -0.1) is 24.0 Å². The zero-order chi connectivity index (χ0) is 13.7. The van der Waals surface area contributed by atoms with E-state index in [9.17, 15) is 0 Å². The summed E-state index contributed by atoms with van der Waals surface area (Å²) in [5.74, 6) is 0.435. The number of halogens is 1. The van der Waals surface area contributed by atoms with Crippen LogP contribution in [0.3, 0.4) is 0 Å². The van der Waals surface area contributed by atoms with Crippen LogP contribution in [0.4, 0.5) is 5.69 Å². The van der Waals surface area contributed by atoms with Crippen molar-refractivity contribution in [1.29, 1.82) is 0 Å². The van der Waals surface area contributed by atoms with Crippen LogP contribution in [-0.4, -0.2) is 22.1 Å². The summed E-state index contributed by atoms with van der Waals surface area (Å²) in [7, 11) is 0. The molecule has 2 rings (SSSR count). The predicted octanol–water partition coefficient (Wildman–Crippen LogP) is 2.54. The van der Waals surface area contributed by atoms with Gasteiger partial charge in [0.25, 0.3) is 0 Å². The smallest absolute Gasteiger partial charge is 0.193 e. The average Bonchev–Trinajstić information content (AvgIpc) is 2.80. The summed E-state index contributed by atoms with van der Waals surface area (Å²) in [6.45, 7) is 5.52. The zero-order valence-electron chi connectivity index (χ0n) is 11.7. The van der Waals surface area contributed by atoms with Gasteiger partial charge in [-0.05, 0) is 37.1 Å². The summed E-state index contributed by atoms with van der Waals surface area (Å²) in [6.07, 6.45) is 5.42. The molecule has 1 aromatic carbocycles. The monoisotopic (exact) mass is 385 g/mol. The molecule has 1 aromatic heterocycles. The third kappa shape index (κ3) is 5.20. The Kier molecular flexibility index (Phi) is 6.50. The van der Waals surface area contributed by atoms with Crippen molar-refractivity contribution in [2.75, 3.05) is 11.9 Å². The van der Waals surface area contributed by atoms with Gasteiger partial charge in [0.15, 0.2) is 5.96 Å². The summed E-state index contributed by atoms with van der Waals surface area (Å²) in [5.41, 5.74) is 9.24. The molecular weight excluding hydrogens is 365 g/mol. The number of rotatable bonds is 4. The highest BCUT2D eigenvalue weighted by molar-refractivity contribution is 14.0. The molecule has 108 valence electrons. The maximum absolute atomic E-state index is 5.86. The Morgan fingerprint density at radius 1 is 1.30 bits per heavy atom. The van der Waals surface area contributed by atoms with Crippen molar-refractivity contribution in [2.24, 2.45) is 10.7 Å². The van der Waals surface area contributed by atoms with Crippen molar-refractivity contribution in [2.45, 2.75) is 20.4 Å². The lowest BCUT2D eigenvalue weighted by Gasteiger charge is -2.08. The topological polar surface area (TPSA) is 68.2 Å². The minimum absolute atomic E-state index is 0. The van der Waals surface area contributed by atoms with Gasteiger partial charge in [0.1, 0.15) is 0 Å². The molecule has 20 heavy (non-hydrogen) atoms. The van der Waals surface area contributed by atoms with Crippen molar-refractivity contribution in [3.05, 3.63) is 48.0 Å². The number of nitrogens with one attached hydrogen (secondary N) is 1. The van der Waals surface area contributed by atoms with Crippen LogP contribution in [0, 0.1) is 13.8 Å². The van der Waals surface area contributed by atoms with Crippen LogP contribution in [-0.2, 0) is 6.54 Å². The van der Waals surface area contributed by atoms with Gasteiger partial charge in [-0.1, -0.05) is 6.07 Å². The molecule has 6 heteroatoms. The highest BCUT2D eigenvalue weighted by Crippen LogP contribution is 2.13. The molecule has 0 aliphatic carbocycles. The van der Waals surface area contributed by atoms with Crippen LogP contribution in [0.15, 0.2) is 41.9 Å². The second-order valence-corrected chi connectivity index (χ2v) is 4.57. The lowest BCUT2D eigenvalue weighted by atomic mass is 10.1. The molecular formula is C14H20IN5. The summed E-state index contributed by atoms with van der Waals surface area (Å²) >= 11 is 0. The number of anilines is 1. The van der Waals surface area contributed by atoms with Crippen molar-refractivity contribution in [3.8, 4) is 0 Å². The van der Waals surface area contributed by atoms with Gasteiger partial charge in [-0.2, -0.15) is 0 Å². The number of hydrogen-bond acceptors (Lipinski definition) is 2. The third-order valence-corrected chi connectivity index (χ3v) is 2.69. The van der Waals surface area contributed by atoms with E-state index in [1.54, 1.807) is 12.5 Å². The van der Waals surface area contributed by atoms with Crippen LogP contribution >= 0.6 is 24.0 Å². The average molecular weight is 385 g/mol. The first-order chi connectivity index (χ1) is 9.13. The fourth-order valence-corrected chi connectivity index (χ4v) is 1.94. The maximum atomic E-state index is 5.86. The Hall–Kier alpha value is -1.57. The molecule has 0 saturated carbocycles. The van der Waals surface area contributed by atoms with Crippen molar-refractivity contribution in [1.82, 2.24) is 9.55 Å². The fraction of sp³-hybridized carbons (Fsp3) is 0.286. The molecule has 0 unspecified atom stereocenters. The summed E-state index contributed by atoms with van der Waals surface area (Å²) in [5, 5.41) is 3.11. The number of hydrogen-bond donors (Lipinski definition) is 2. The summed E-state index contributed by atoms with van der Waals surface area (Å²) in [4.78, 5) is 8.26. The highest BCUT2D eigenvalue weighted by atomic mass is 127. The van der Waals surface area contributed by atoms with Gasteiger partial charge >= 0.3 is 0 Å². The number of benzene rings is 1. The minimum atomic E-state index is 0. The van der Waals surface area contributed by atoms with E-state index in [2.05, 4.69) is 35.2 Å². The molecule has 0 aliphatic heterocycles. The lowest BCUT2D eigenvalue weighted by Crippen LogP contribution is -2.23. The van der Waals surface area contributed by atoms with Gasteiger partial charge in [0.2, 0.25) is 0 Å². The van der Waals surface area contributed by atoms with Crippen LogP contribution < -0.4 is 11.1 Å². The molecule has 2 aromatic rings. The van der Waals surface area contributed by atoms with Gasteiger partial charge < -0.3 is 15.6 Å². The molecule has 0 atom stereocenters. The lowest BCUT2D eigenvalue weighted by molar-refractivity contribution is 0.708. The summed E-state index contributed by atoms with van der Waals surface area (Å²) in [6, 6.07) is 6.22. The molecule has 0 bridgehead atoms. The van der Waals surface area contributed by atoms with Crippen LogP contribution in [0.1, 0.15) is 11.1 Å². The Balaban J connectivity index is 0.00000200. The SMILES string of the molecule is Cc1cc(C)cc(NC(N)=NCCn2ccnc2)c1.I. The second kappa shape index (κ2) is 7.88. The molecule has 0 radical (unpaired) electrons. The quantitative estimate of drug-likeness (QED) is 0.483. The molecule has 0 fully saturated rings. The van der Waals surface area contributed by atoms with E-state index in [4.69, 9.17) is 5.73 Å². The highest BCUT2D eigenvalue weighted by Gasteiger charge is 1.97. The van der Waals surface area contributed by atoms with E-state index < -0.39 is 0 Å². The van der Waals surface area contributed by atoms with Gasteiger partial charge in [0.05, 0.1) is 12.9 Å². The van der Waals surface area contributed by atoms with Crippen LogP contribution in [0.2, 0.25) is 0 Å². The molecule has 3 N–H and O–H groups in total. The van der Waals surface area contributed by atoms with Gasteiger partial charge in [0, 0.05) is 24.6 Å². The largest absolute Gasteiger partial charge is 0.370 e. The van der Waals surface area contributed by atoms with Crippen LogP contribution in [0.25, 0.3) is 0 Å². The van der Waals surface area contributed by atoms with E-state index in [0.717, 1.165) is 12.2 Å². The molecule has 0 amide bonds. The van der Waals surface area contributed by atoms with Crippen molar-refractivity contribution < 1.29 is 0 Å². The number of aryl methyl sites for hydroxylation is 2. The number of aliphatic imine (C=N–C) groups is 1. The molecule has 0 saturated heterocycles. The Bertz CT molecular complexity index is 543. The zero-order valence-corrected chi connectivity index (χ0v) is 14.0. The molecule has 0 aliphatic rings. The van der Waals surface area contributed by atoms with E-state index in [-0.39, 0.29) is 24.0 Å². The number of nitrogens with two attached hydrogens (primary N) is 1. The van der Waals surface area contributed by atoms with Crippen molar-refractivity contribution in [3.63, 3.8) is 0 Å². The second-order valence-electron chi connectivity index (χ2n) is 4.57. The molecule has 1 heterocycles. The van der Waals surface area contributed by atoms with Gasteiger partial charge in [-0.25, -0.2) is 4.98 Å². The van der Waals surface area contributed by atoms with E-state index in [1.807, 2.05) is 22.9 Å². The van der Waals surface area contributed by atoms with E-state index in [1.165, 1.54) is 11.1 Å². The first-order valence-electron chi connectivity index (χ1n) is 6.24. The summed E-state index contributed by atoms with van der Waals surface area (Å²) < 4.78 is 1.97. The Morgan fingerprint density at radius 3 is 2.60 bits per heavy atom. The molecule has 0 spiro atoms. The first kappa shape index (κ1) is 16.5. The predicted molar refractivity (Wildman–Crippen MR) is 93.7 cm³/mol. The Morgan fingerprint density at radius 2 is 2.00 bits per heavy atom. The standard InChI is InChI=1S/C14H19N5.HI/c1-11-7-12(2)9-13(8-11)18-14(15)17-4-6-19-5-3-16-10-19;/h3,5,7-10H,4,6H2,1-2H3,(H3,15,17,18);1H. The normalized spacial score (nSPS) is 11.0. The van der Waals surface area contributed by atoms with Gasteiger partial charge in [-0.3, -0.25) is 4.99 Å². The first-order valence-corrected chi connectivity index (χ1v) is 6.24. The van der Waals surface area contributed by atoms with E-state index >= 15 is 0 Å². The fourth-order valence-electron chi connectivity index (χ4n) is 1.94. The van der Waals surface area contributed by atoms with Crippen molar-refractivity contribution >= 4 is 35.6 Å². The molecule has 5 nitrogen and oxygen atoms in total. The number of guanidine groups is 1. The maximum Gasteiger partial charge on any atom is 0.193 e. The Labute approximate surface area is 136 Å². The van der Waals surface area contributed by atoms with Crippen LogP contribution in [0.5, 0.6) is 0 Å². The minimum Gasteiger partial charge on any atom is -0.370 e. The number of nitrogens with zero attached hydrogens (tertiary/aromatic N) is 3. The number of aromatic nitrogens is 2. The number of imidazole rings is 1. The van der Waals surface area contributed by atoms with E-state index in [0.29, 0.717) is 12.5 Å².